The maximum Gasteiger partial charge on any atom is 0.339 e. The Balaban J connectivity index is 2.70. The summed E-state index contributed by atoms with van der Waals surface area (Å²) >= 11 is 0. The van der Waals surface area contributed by atoms with Crippen LogP contribution in [0.15, 0.2) is 12.1 Å². The van der Waals surface area contributed by atoms with Gasteiger partial charge in [0, 0.05) is 0 Å². The number of terminal acetylenes is 1. The van der Waals surface area contributed by atoms with Gasteiger partial charge in [0.25, 0.3) is 5.91 Å². The molecule has 0 aliphatic carbocycles. The minimum atomic E-state index is -0.495. The molecule has 0 radical (unpaired) electrons. The molecule has 0 aliphatic rings. The van der Waals surface area contributed by atoms with Gasteiger partial charge in [-0.1, -0.05) is 23.6 Å². The van der Waals surface area contributed by atoms with Gasteiger partial charge in [-0.3, -0.25) is 4.79 Å². The average Bonchev–Trinajstić information content (AvgIpc) is 2.32. The third-order valence-corrected chi connectivity index (χ3v) is 2.60. The molecule has 1 aromatic rings. The molecule has 1 amide bonds. The van der Waals surface area contributed by atoms with Gasteiger partial charge in [0.15, 0.2) is 6.61 Å². The molecule has 1 aromatic carbocycles. The summed E-state index contributed by atoms with van der Waals surface area (Å²) in [5.41, 5.74) is 3.27. The number of rotatable bonds is 4. The second-order valence-electron chi connectivity index (χ2n) is 4.33. The molecule has 0 heterocycles. The third kappa shape index (κ3) is 4.14. The van der Waals surface area contributed by atoms with E-state index in [0.29, 0.717) is 5.56 Å². The smallest absolute Gasteiger partial charge is 0.339 e. The zero-order valence-corrected chi connectivity index (χ0v) is 11.4. The monoisotopic (exact) mass is 259 g/mol. The number of hydrogen-bond acceptors (Lipinski definition) is 3. The van der Waals surface area contributed by atoms with E-state index < -0.39 is 11.9 Å². The van der Waals surface area contributed by atoms with Crippen LogP contribution in [0.1, 0.15) is 27.0 Å². The Morgan fingerprint density at radius 1 is 1.26 bits per heavy atom. The van der Waals surface area contributed by atoms with Crippen molar-refractivity contribution in [2.45, 2.75) is 20.8 Å². The van der Waals surface area contributed by atoms with Crippen LogP contribution in [0.25, 0.3) is 0 Å². The Morgan fingerprint density at radius 3 is 2.37 bits per heavy atom. The predicted octanol–water partition coefficient (Wildman–Crippen LogP) is 1.52. The zero-order chi connectivity index (χ0) is 14.4. The quantitative estimate of drug-likeness (QED) is 0.659. The first-order valence-corrected chi connectivity index (χ1v) is 5.91. The van der Waals surface area contributed by atoms with Crippen LogP contribution in [0.4, 0.5) is 0 Å². The maximum atomic E-state index is 11.9. The fraction of sp³-hybridized carbons (Fsp3) is 0.333. The highest BCUT2D eigenvalue weighted by Gasteiger charge is 2.15. The molecule has 0 bridgehead atoms. The van der Waals surface area contributed by atoms with Crippen LogP contribution in [-0.4, -0.2) is 25.0 Å². The molecule has 0 atom stereocenters. The standard InChI is InChI=1S/C15H17NO3/c1-5-6-16-13(17)9-19-15(18)14-11(3)7-10(2)8-12(14)4/h1,7-8H,6,9H2,2-4H3,(H,16,17). The van der Waals surface area contributed by atoms with Gasteiger partial charge in [0.2, 0.25) is 0 Å². The van der Waals surface area contributed by atoms with E-state index in [1.807, 2.05) is 32.9 Å². The molecule has 4 heteroatoms. The van der Waals surface area contributed by atoms with Crippen LogP contribution < -0.4 is 5.32 Å². The fourth-order valence-electron chi connectivity index (χ4n) is 1.91. The molecule has 0 fully saturated rings. The lowest BCUT2D eigenvalue weighted by molar-refractivity contribution is -0.123. The summed E-state index contributed by atoms with van der Waals surface area (Å²) in [4.78, 5) is 23.2. The predicted molar refractivity (Wildman–Crippen MR) is 72.8 cm³/mol. The lowest BCUT2D eigenvalue weighted by Gasteiger charge is -2.10. The molecule has 19 heavy (non-hydrogen) atoms. The summed E-state index contributed by atoms with van der Waals surface area (Å²) in [6.45, 7) is 5.44. The van der Waals surface area contributed by atoms with Gasteiger partial charge >= 0.3 is 5.97 Å². The third-order valence-electron chi connectivity index (χ3n) is 2.60. The summed E-state index contributed by atoms with van der Waals surface area (Å²) < 4.78 is 4.97. The molecule has 0 aromatic heterocycles. The van der Waals surface area contributed by atoms with Crippen molar-refractivity contribution >= 4 is 11.9 Å². The Bertz CT molecular complexity index is 518. The van der Waals surface area contributed by atoms with Gasteiger partial charge in [0.1, 0.15) is 0 Å². The molecule has 0 aliphatic heterocycles. The number of carbonyl (C=O) groups is 2. The number of amides is 1. The minimum Gasteiger partial charge on any atom is -0.452 e. The van der Waals surface area contributed by atoms with E-state index in [2.05, 4.69) is 11.2 Å². The van der Waals surface area contributed by atoms with Crippen molar-refractivity contribution < 1.29 is 14.3 Å². The van der Waals surface area contributed by atoms with E-state index in [-0.39, 0.29) is 13.2 Å². The second kappa shape index (κ2) is 6.60. The first-order chi connectivity index (χ1) is 8.95. The Kier molecular flexibility index (Phi) is 5.13. The second-order valence-corrected chi connectivity index (χ2v) is 4.33. The van der Waals surface area contributed by atoms with Gasteiger partial charge in [-0.05, 0) is 31.9 Å². The highest BCUT2D eigenvalue weighted by molar-refractivity contribution is 5.94. The summed E-state index contributed by atoms with van der Waals surface area (Å²) in [5.74, 6) is 1.37. The summed E-state index contributed by atoms with van der Waals surface area (Å²) in [6.07, 6.45) is 5.01. The van der Waals surface area contributed by atoms with Crippen molar-refractivity contribution in [1.29, 1.82) is 0 Å². The molecule has 1 rings (SSSR count). The van der Waals surface area contributed by atoms with Crippen molar-refractivity contribution in [3.8, 4) is 12.3 Å². The molecule has 4 nitrogen and oxygen atoms in total. The van der Waals surface area contributed by atoms with Crippen molar-refractivity contribution in [2.75, 3.05) is 13.2 Å². The van der Waals surface area contributed by atoms with Crippen LogP contribution in [0.2, 0.25) is 0 Å². The normalized spacial score (nSPS) is 9.58. The SMILES string of the molecule is C#CCNC(=O)COC(=O)c1c(C)cc(C)cc1C. The molecular formula is C15H17NO3. The number of esters is 1. The van der Waals surface area contributed by atoms with E-state index in [1.54, 1.807) is 0 Å². The van der Waals surface area contributed by atoms with E-state index in [0.717, 1.165) is 16.7 Å². The number of nitrogens with one attached hydrogen (secondary N) is 1. The molecular weight excluding hydrogens is 242 g/mol. The van der Waals surface area contributed by atoms with Crippen LogP contribution in [0, 0.1) is 33.1 Å². The Morgan fingerprint density at radius 2 is 1.84 bits per heavy atom. The highest BCUT2D eigenvalue weighted by atomic mass is 16.5. The lowest BCUT2D eigenvalue weighted by atomic mass is 10.00. The number of carbonyl (C=O) groups excluding carboxylic acids is 2. The van der Waals surface area contributed by atoms with Crippen LogP contribution >= 0.6 is 0 Å². The van der Waals surface area contributed by atoms with Crippen molar-refractivity contribution in [2.24, 2.45) is 0 Å². The van der Waals surface area contributed by atoms with Crippen molar-refractivity contribution in [3.63, 3.8) is 0 Å². The average molecular weight is 259 g/mol. The molecule has 0 unspecified atom stereocenters. The van der Waals surface area contributed by atoms with Crippen LogP contribution in [0.5, 0.6) is 0 Å². The molecule has 0 spiro atoms. The highest BCUT2D eigenvalue weighted by Crippen LogP contribution is 2.17. The van der Waals surface area contributed by atoms with Crippen LogP contribution in [-0.2, 0) is 9.53 Å². The number of ether oxygens (including phenoxy) is 1. The van der Waals surface area contributed by atoms with Crippen LogP contribution in [0.3, 0.4) is 0 Å². The van der Waals surface area contributed by atoms with Gasteiger partial charge in [-0.25, -0.2) is 4.79 Å². The van der Waals surface area contributed by atoms with Gasteiger partial charge in [-0.15, -0.1) is 6.42 Å². The summed E-state index contributed by atoms with van der Waals surface area (Å²) in [6, 6.07) is 3.81. The fourth-order valence-corrected chi connectivity index (χ4v) is 1.91. The van der Waals surface area contributed by atoms with E-state index >= 15 is 0 Å². The molecule has 0 saturated heterocycles. The van der Waals surface area contributed by atoms with E-state index in [4.69, 9.17) is 11.2 Å². The summed E-state index contributed by atoms with van der Waals surface area (Å²) in [5, 5.41) is 2.43. The number of hydrogen-bond donors (Lipinski definition) is 1. The number of benzene rings is 1. The van der Waals surface area contributed by atoms with E-state index in [1.165, 1.54) is 0 Å². The topological polar surface area (TPSA) is 55.4 Å². The summed E-state index contributed by atoms with van der Waals surface area (Å²) in [7, 11) is 0. The molecule has 0 saturated carbocycles. The molecule has 1 N–H and O–H groups in total. The van der Waals surface area contributed by atoms with Crippen molar-refractivity contribution in [1.82, 2.24) is 5.32 Å². The minimum absolute atomic E-state index is 0.124. The van der Waals surface area contributed by atoms with Gasteiger partial charge in [0.05, 0.1) is 12.1 Å². The first-order valence-electron chi connectivity index (χ1n) is 5.91. The lowest BCUT2D eigenvalue weighted by Crippen LogP contribution is -2.29. The maximum absolute atomic E-state index is 11.9. The van der Waals surface area contributed by atoms with E-state index in [9.17, 15) is 9.59 Å². The molecule has 100 valence electrons. The number of aryl methyl sites for hydroxylation is 3. The Labute approximate surface area is 113 Å². The Hall–Kier alpha value is -2.28. The van der Waals surface area contributed by atoms with Gasteiger partial charge in [-0.2, -0.15) is 0 Å². The first kappa shape index (κ1) is 14.8. The largest absolute Gasteiger partial charge is 0.452 e. The van der Waals surface area contributed by atoms with Crippen molar-refractivity contribution in [3.05, 3.63) is 34.4 Å². The van der Waals surface area contributed by atoms with Gasteiger partial charge < -0.3 is 10.1 Å². The zero-order valence-electron chi connectivity index (χ0n) is 11.4.